The Kier molecular flexibility index (Phi) is 5.81. The highest BCUT2D eigenvalue weighted by Gasteiger charge is 2.20. The standard InChI is InChI=1S/C20H26N2O4/c1-2-3-11-26-18-16(23)10-9-13-12-15(20(25)22-17(13)18)19(24)21-14-7-5-4-6-8-14/h9-10,12,14,23H,2-8,11H2,1H3,(H,21,24)(H,22,25). The van der Waals surface area contributed by atoms with E-state index in [1.165, 1.54) is 12.5 Å². The van der Waals surface area contributed by atoms with Crippen molar-refractivity contribution in [2.45, 2.75) is 57.9 Å². The van der Waals surface area contributed by atoms with Crippen LogP contribution in [0.5, 0.6) is 11.5 Å². The third-order valence-electron chi connectivity index (χ3n) is 4.88. The van der Waals surface area contributed by atoms with Gasteiger partial charge in [-0.25, -0.2) is 0 Å². The van der Waals surface area contributed by atoms with E-state index in [0.29, 0.717) is 17.5 Å². The van der Waals surface area contributed by atoms with Crippen LogP contribution in [-0.4, -0.2) is 28.6 Å². The maximum atomic E-state index is 12.5. The van der Waals surface area contributed by atoms with E-state index in [4.69, 9.17) is 4.74 Å². The minimum atomic E-state index is -0.475. The Balaban J connectivity index is 1.88. The van der Waals surface area contributed by atoms with Gasteiger partial charge in [-0.2, -0.15) is 0 Å². The number of carbonyl (C=O) groups excluding carboxylic acids is 1. The molecule has 0 radical (unpaired) electrons. The molecule has 6 nitrogen and oxygen atoms in total. The van der Waals surface area contributed by atoms with Crippen LogP contribution in [0.4, 0.5) is 0 Å². The summed E-state index contributed by atoms with van der Waals surface area (Å²) in [7, 11) is 0. The average molecular weight is 358 g/mol. The Morgan fingerprint density at radius 3 is 2.81 bits per heavy atom. The van der Waals surface area contributed by atoms with Gasteiger partial charge in [0.1, 0.15) is 5.56 Å². The van der Waals surface area contributed by atoms with Crippen molar-refractivity contribution >= 4 is 16.8 Å². The highest BCUT2D eigenvalue weighted by atomic mass is 16.5. The normalized spacial score (nSPS) is 15.1. The molecule has 1 saturated carbocycles. The molecule has 1 heterocycles. The number of benzene rings is 1. The van der Waals surface area contributed by atoms with Crippen LogP contribution in [0, 0.1) is 0 Å². The molecular formula is C20H26N2O4. The number of rotatable bonds is 6. The van der Waals surface area contributed by atoms with E-state index in [1.54, 1.807) is 12.1 Å². The summed E-state index contributed by atoms with van der Waals surface area (Å²) >= 11 is 0. The van der Waals surface area contributed by atoms with Crippen molar-refractivity contribution in [1.82, 2.24) is 10.3 Å². The number of carbonyl (C=O) groups is 1. The first-order valence-corrected chi connectivity index (χ1v) is 9.42. The minimum absolute atomic E-state index is 0.0244. The zero-order valence-electron chi connectivity index (χ0n) is 15.1. The SMILES string of the molecule is CCCCOc1c(O)ccc2cc(C(=O)NC3CCCCC3)c(=O)[nH]c12. The highest BCUT2D eigenvalue weighted by molar-refractivity contribution is 5.98. The predicted molar refractivity (Wildman–Crippen MR) is 101 cm³/mol. The van der Waals surface area contributed by atoms with Gasteiger partial charge in [0, 0.05) is 11.4 Å². The Bertz CT molecular complexity index is 838. The molecule has 0 spiro atoms. The first-order chi connectivity index (χ1) is 12.6. The highest BCUT2D eigenvalue weighted by Crippen LogP contribution is 2.33. The first kappa shape index (κ1) is 18.3. The number of aromatic nitrogens is 1. The number of hydrogen-bond donors (Lipinski definition) is 3. The van der Waals surface area contributed by atoms with E-state index in [0.717, 1.165) is 38.5 Å². The lowest BCUT2D eigenvalue weighted by Gasteiger charge is -2.22. The smallest absolute Gasteiger partial charge is 0.261 e. The monoisotopic (exact) mass is 358 g/mol. The van der Waals surface area contributed by atoms with Gasteiger partial charge in [-0.1, -0.05) is 32.6 Å². The summed E-state index contributed by atoms with van der Waals surface area (Å²) in [5.74, 6) is -0.113. The molecule has 1 amide bonds. The Morgan fingerprint density at radius 1 is 1.31 bits per heavy atom. The zero-order chi connectivity index (χ0) is 18.5. The number of phenolic OH excluding ortho intramolecular Hbond substituents is 1. The van der Waals surface area contributed by atoms with Crippen molar-refractivity contribution in [3.05, 3.63) is 34.1 Å². The third kappa shape index (κ3) is 4.00. The van der Waals surface area contributed by atoms with Crippen LogP contribution in [0.15, 0.2) is 23.0 Å². The van der Waals surface area contributed by atoms with Gasteiger partial charge >= 0.3 is 0 Å². The van der Waals surface area contributed by atoms with Crippen molar-refractivity contribution < 1.29 is 14.6 Å². The molecule has 1 aliphatic carbocycles. The first-order valence-electron chi connectivity index (χ1n) is 9.42. The number of amides is 1. The maximum Gasteiger partial charge on any atom is 0.261 e. The molecule has 0 aliphatic heterocycles. The van der Waals surface area contributed by atoms with E-state index < -0.39 is 5.56 Å². The molecule has 0 unspecified atom stereocenters. The summed E-state index contributed by atoms with van der Waals surface area (Å²) in [6.45, 7) is 2.50. The summed E-state index contributed by atoms with van der Waals surface area (Å²) < 4.78 is 5.65. The number of hydrogen-bond acceptors (Lipinski definition) is 4. The number of H-pyrrole nitrogens is 1. The summed E-state index contributed by atoms with van der Waals surface area (Å²) in [5.41, 5.74) is 0.0327. The van der Waals surface area contributed by atoms with Gasteiger partial charge in [0.2, 0.25) is 0 Å². The molecule has 0 atom stereocenters. The second-order valence-corrected chi connectivity index (χ2v) is 6.90. The van der Waals surface area contributed by atoms with Crippen molar-refractivity contribution in [2.75, 3.05) is 6.61 Å². The fraction of sp³-hybridized carbons (Fsp3) is 0.500. The van der Waals surface area contributed by atoms with Crippen molar-refractivity contribution in [3.63, 3.8) is 0 Å². The lowest BCUT2D eigenvalue weighted by atomic mass is 9.95. The lowest BCUT2D eigenvalue weighted by molar-refractivity contribution is 0.0926. The van der Waals surface area contributed by atoms with E-state index in [9.17, 15) is 14.7 Å². The third-order valence-corrected chi connectivity index (χ3v) is 4.88. The van der Waals surface area contributed by atoms with Gasteiger partial charge in [0.25, 0.3) is 11.5 Å². The minimum Gasteiger partial charge on any atom is -0.504 e. The van der Waals surface area contributed by atoms with Crippen LogP contribution in [0.3, 0.4) is 0 Å². The average Bonchev–Trinajstić information content (AvgIpc) is 2.64. The largest absolute Gasteiger partial charge is 0.504 e. The number of phenols is 1. The molecule has 0 saturated heterocycles. The molecule has 1 aromatic heterocycles. The molecule has 1 fully saturated rings. The maximum absolute atomic E-state index is 12.5. The molecule has 6 heteroatoms. The summed E-state index contributed by atoms with van der Waals surface area (Å²) in [6.07, 6.45) is 7.15. The van der Waals surface area contributed by atoms with E-state index in [-0.39, 0.29) is 29.0 Å². The lowest BCUT2D eigenvalue weighted by Crippen LogP contribution is -2.38. The van der Waals surface area contributed by atoms with Crippen LogP contribution in [0.25, 0.3) is 10.9 Å². The molecule has 140 valence electrons. The number of pyridine rings is 1. The van der Waals surface area contributed by atoms with E-state index in [1.807, 2.05) is 6.92 Å². The molecule has 1 aliphatic rings. The van der Waals surface area contributed by atoms with Gasteiger partial charge in [0.15, 0.2) is 11.5 Å². The second kappa shape index (κ2) is 8.25. The quantitative estimate of drug-likeness (QED) is 0.690. The topological polar surface area (TPSA) is 91.4 Å². The van der Waals surface area contributed by atoms with E-state index >= 15 is 0 Å². The van der Waals surface area contributed by atoms with Gasteiger partial charge < -0.3 is 20.1 Å². The molecular weight excluding hydrogens is 332 g/mol. The molecule has 26 heavy (non-hydrogen) atoms. The fourth-order valence-electron chi connectivity index (χ4n) is 3.38. The fourth-order valence-corrected chi connectivity index (χ4v) is 3.38. The van der Waals surface area contributed by atoms with Crippen molar-refractivity contribution in [3.8, 4) is 11.5 Å². The van der Waals surface area contributed by atoms with Crippen LogP contribution in [0.2, 0.25) is 0 Å². The Hall–Kier alpha value is -2.50. The number of fused-ring (bicyclic) bond motifs is 1. The number of aromatic hydroxyl groups is 1. The Labute approximate surface area is 152 Å². The summed E-state index contributed by atoms with van der Waals surface area (Å²) in [4.78, 5) is 27.7. The molecule has 2 aromatic rings. The number of unbranched alkanes of at least 4 members (excludes halogenated alkanes) is 1. The van der Waals surface area contributed by atoms with Gasteiger partial charge in [0.05, 0.1) is 12.1 Å². The van der Waals surface area contributed by atoms with Crippen LogP contribution in [-0.2, 0) is 0 Å². The molecule has 1 aromatic carbocycles. The molecule has 3 N–H and O–H groups in total. The summed E-state index contributed by atoms with van der Waals surface area (Å²) in [6, 6.07) is 4.90. The van der Waals surface area contributed by atoms with Crippen molar-refractivity contribution in [2.24, 2.45) is 0 Å². The van der Waals surface area contributed by atoms with Gasteiger partial charge in [-0.05, 0) is 37.5 Å². The summed E-state index contributed by atoms with van der Waals surface area (Å²) in [5, 5.41) is 13.7. The van der Waals surface area contributed by atoms with Gasteiger partial charge in [-0.15, -0.1) is 0 Å². The predicted octanol–water partition coefficient (Wildman–Crippen LogP) is 3.48. The molecule has 3 rings (SSSR count). The van der Waals surface area contributed by atoms with Crippen molar-refractivity contribution in [1.29, 1.82) is 0 Å². The number of aromatic amines is 1. The van der Waals surface area contributed by atoms with E-state index in [2.05, 4.69) is 10.3 Å². The van der Waals surface area contributed by atoms with Crippen LogP contribution >= 0.6 is 0 Å². The number of nitrogens with one attached hydrogen (secondary N) is 2. The van der Waals surface area contributed by atoms with Crippen LogP contribution < -0.4 is 15.6 Å². The Morgan fingerprint density at radius 2 is 2.08 bits per heavy atom. The molecule has 0 bridgehead atoms. The number of ether oxygens (including phenoxy) is 1. The zero-order valence-corrected chi connectivity index (χ0v) is 15.1. The van der Waals surface area contributed by atoms with Gasteiger partial charge in [-0.3, -0.25) is 9.59 Å². The van der Waals surface area contributed by atoms with Crippen LogP contribution in [0.1, 0.15) is 62.2 Å². The second-order valence-electron chi connectivity index (χ2n) is 6.90.